The Morgan fingerprint density at radius 2 is 2.42 bits per heavy atom. The van der Waals surface area contributed by atoms with E-state index in [1.165, 1.54) is 16.3 Å². The molecule has 1 heterocycles. The molecule has 0 radical (unpaired) electrons. The predicted octanol–water partition coefficient (Wildman–Crippen LogP) is 1.69. The summed E-state index contributed by atoms with van der Waals surface area (Å²) in [5, 5.41) is 0. The molecular formula is C8H14N2S2. The SMILES string of the molecule is Cc1ncsc1CCSCCN. The van der Waals surface area contributed by atoms with Gasteiger partial charge in [-0.3, -0.25) is 0 Å². The van der Waals surface area contributed by atoms with E-state index in [4.69, 9.17) is 5.73 Å². The Labute approximate surface area is 81.6 Å². The van der Waals surface area contributed by atoms with Crippen molar-refractivity contribution in [2.45, 2.75) is 13.3 Å². The van der Waals surface area contributed by atoms with Crippen LogP contribution >= 0.6 is 23.1 Å². The molecular weight excluding hydrogens is 188 g/mol. The van der Waals surface area contributed by atoms with Gasteiger partial charge in [-0.1, -0.05) is 0 Å². The van der Waals surface area contributed by atoms with Gasteiger partial charge < -0.3 is 5.73 Å². The summed E-state index contributed by atoms with van der Waals surface area (Å²) in [6, 6.07) is 0. The van der Waals surface area contributed by atoms with Crippen LogP contribution in [0.5, 0.6) is 0 Å². The second kappa shape index (κ2) is 5.56. The van der Waals surface area contributed by atoms with Gasteiger partial charge in [0.05, 0.1) is 11.2 Å². The second-order valence-electron chi connectivity index (χ2n) is 2.51. The van der Waals surface area contributed by atoms with Crippen LogP contribution in [0, 0.1) is 6.92 Å². The number of thioether (sulfide) groups is 1. The largest absolute Gasteiger partial charge is 0.330 e. The zero-order valence-corrected chi connectivity index (χ0v) is 8.88. The standard InChI is InChI=1S/C8H14N2S2/c1-7-8(12-6-10-7)2-4-11-5-3-9/h6H,2-5,9H2,1H3. The molecule has 0 aliphatic heterocycles. The van der Waals surface area contributed by atoms with Crippen molar-refractivity contribution in [1.82, 2.24) is 4.98 Å². The highest BCUT2D eigenvalue weighted by Crippen LogP contribution is 2.14. The average molecular weight is 202 g/mol. The lowest BCUT2D eigenvalue weighted by Crippen LogP contribution is -2.02. The van der Waals surface area contributed by atoms with Crippen molar-refractivity contribution in [2.24, 2.45) is 5.73 Å². The molecule has 1 rings (SSSR count). The fourth-order valence-electron chi connectivity index (χ4n) is 0.916. The summed E-state index contributed by atoms with van der Waals surface area (Å²) in [4.78, 5) is 5.62. The maximum Gasteiger partial charge on any atom is 0.0797 e. The summed E-state index contributed by atoms with van der Waals surface area (Å²) in [5.41, 5.74) is 8.49. The first-order chi connectivity index (χ1) is 5.84. The van der Waals surface area contributed by atoms with E-state index in [1.54, 1.807) is 11.3 Å². The van der Waals surface area contributed by atoms with Crippen molar-refractivity contribution in [3.05, 3.63) is 16.1 Å². The van der Waals surface area contributed by atoms with Gasteiger partial charge in [-0.2, -0.15) is 11.8 Å². The lowest BCUT2D eigenvalue weighted by atomic mass is 10.3. The van der Waals surface area contributed by atoms with Crippen LogP contribution in [0.2, 0.25) is 0 Å². The van der Waals surface area contributed by atoms with Gasteiger partial charge in [-0.25, -0.2) is 4.98 Å². The van der Waals surface area contributed by atoms with Crippen molar-refractivity contribution in [3.8, 4) is 0 Å². The van der Waals surface area contributed by atoms with Gasteiger partial charge in [-0.15, -0.1) is 11.3 Å². The van der Waals surface area contributed by atoms with Gasteiger partial charge in [0, 0.05) is 17.2 Å². The van der Waals surface area contributed by atoms with Crippen molar-refractivity contribution in [2.75, 3.05) is 18.1 Å². The third kappa shape index (κ3) is 3.13. The molecule has 0 saturated carbocycles. The quantitative estimate of drug-likeness (QED) is 0.738. The number of thiazole rings is 1. The van der Waals surface area contributed by atoms with E-state index in [9.17, 15) is 0 Å². The molecule has 0 aliphatic carbocycles. The molecule has 0 saturated heterocycles. The Morgan fingerprint density at radius 3 is 3.00 bits per heavy atom. The molecule has 2 N–H and O–H groups in total. The van der Waals surface area contributed by atoms with Gasteiger partial charge in [0.25, 0.3) is 0 Å². The molecule has 1 aromatic rings. The molecule has 1 aromatic heterocycles. The second-order valence-corrected chi connectivity index (χ2v) is 4.68. The smallest absolute Gasteiger partial charge is 0.0797 e. The molecule has 0 aromatic carbocycles. The summed E-state index contributed by atoms with van der Waals surface area (Å²) in [6.45, 7) is 2.85. The van der Waals surface area contributed by atoms with Crippen molar-refractivity contribution < 1.29 is 0 Å². The summed E-state index contributed by atoms with van der Waals surface area (Å²) in [6.07, 6.45) is 1.14. The Morgan fingerprint density at radius 1 is 1.58 bits per heavy atom. The minimum atomic E-state index is 0.784. The van der Waals surface area contributed by atoms with E-state index >= 15 is 0 Å². The molecule has 0 fully saturated rings. The molecule has 2 nitrogen and oxygen atoms in total. The predicted molar refractivity (Wildman–Crippen MR) is 56.9 cm³/mol. The van der Waals surface area contributed by atoms with Crippen LogP contribution in [-0.4, -0.2) is 23.0 Å². The molecule has 0 unspecified atom stereocenters. The summed E-state index contributed by atoms with van der Waals surface area (Å²) in [7, 11) is 0. The van der Waals surface area contributed by atoms with Crippen LogP contribution in [0.15, 0.2) is 5.51 Å². The summed E-state index contributed by atoms with van der Waals surface area (Å²) < 4.78 is 0. The minimum Gasteiger partial charge on any atom is -0.330 e. The van der Waals surface area contributed by atoms with Crippen LogP contribution in [0.3, 0.4) is 0 Å². The first-order valence-corrected chi connectivity index (χ1v) is 6.05. The molecule has 0 amide bonds. The molecule has 4 heteroatoms. The maximum absolute atomic E-state index is 5.39. The number of hydrogen-bond donors (Lipinski definition) is 1. The molecule has 0 aliphatic rings. The fraction of sp³-hybridized carbons (Fsp3) is 0.625. The molecule has 68 valence electrons. The Balaban J connectivity index is 2.20. The molecule has 0 spiro atoms. The molecule has 0 atom stereocenters. The number of hydrogen-bond acceptors (Lipinski definition) is 4. The van der Waals surface area contributed by atoms with Crippen molar-refractivity contribution >= 4 is 23.1 Å². The van der Waals surface area contributed by atoms with Gasteiger partial charge in [-0.05, 0) is 19.1 Å². The maximum atomic E-state index is 5.39. The lowest BCUT2D eigenvalue weighted by Gasteiger charge is -1.97. The Hall–Kier alpha value is -0.0600. The number of nitrogens with zero attached hydrogens (tertiary/aromatic N) is 1. The zero-order chi connectivity index (χ0) is 8.81. The number of aromatic nitrogens is 1. The van der Waals surface area contributed by atoms with Gasteiger partial charge in [0.1, 0.15) is 0 Å². The van der Waals surface area contributed by atoms with E-state index in [1.807, 2.05) is 17.3 Å². The Bertz CT molecular complexity index is 223. The highest BCUT2D eigenvalue weighted by Gasteiger charge is 1.99. The van der Waals surface area contributed by atoms with Crippen LogP contribution in [0.4, 0.5) is 0 Å². The first-order valence-electron chi connectivity index (χ1n) is 4.01. The number of nitrogens with two attached hydrogens (primary N) is 1. The van der Waals surface area contributed by atoms with E-state index in [0.717, 1.165) is 18.7 Å². The average Bonchev–Trinajstić information content (AvgIpc) is 2.46. The van der Waals surface area contributed by atoms with Crippen LogP contribution in [0.25, 0.3) is 0 Å². The van der Waals surface area contributed by atoms with E-state index < -0.39 is 0 Å². The molecule has 12 heavy (non-hydrogen) atoms. The topological polar surface area (TPSA) is 38.9 Å². The van der Waals surface area contributed by atoms with E-state index in [2.05, 4.69) is 11.9 Å². The number of rotatable bonds is 5. The third-order valence-electron chi connectivity index (χ3n) is 1.58. The minimum absolute atomic E-state index is 0.784. The lowest BCUT2D eigenvalue weighted by molar-refractivity contribution is 1.11. The van der Waals surface area contributed by atoms with Gasteiger partial charge in [0.2, 0.25) is 0 Å². The van der Waals surface area contributed by atoms with Crippen molar-refractivity contribution in [3.63, 3.8) is 0 Å². The number of aryl methyl sites for hydroxylation is 2. The van der Waals surface area contributed by atoms with E-state index in [0.29, 0.717) is 0 Å². The normalized spacial score (nSPS) is 10.5. The first kappa shape index (κ1) is 10.0. The summed E-state index contributed by atoms with van der Waals surface area (Å²) in [5.74, 6) is 2.23. The van der Waals surface area contributed by atoms with Crippen LogP contribution < -0.4 is 5.73 Å². The van der Waals surface area contributed by atoms with Gasteiger partial charge >= 0.3 is 0 Å². The zero-order valence-electron chi connectivity index (χ0n) is 7.25. The van der Waals surface area contributed by atoms with Gasteiger partial charge in [0.15, 0.2) is 0 Å². The van der Waals surface area contributed by atoms with Crippen LogP contribution in [0.1, 0.15) is 10.6 Å². The monoisotopic (exact) mass is 202 g/mol. The van der Waals surface area contributed by atoms with Crippen molar-refractivity contribution in [1.29, 1.82) is 0 Å². The highest BCUT2D eigenvalue weighted by atomic mass is 32.2. The van der Waals surface area contributed by atoms with Crippen LogP contribution in [-0.2, 0) is 6.42 Å². The summed E-state index contributed by atoms with van der Waals surface area (Å²) >= 11 is 3.67. The Kier molecular flexibility index (Phi) is 4.65. The molecule has 0 bridgehead atoms. The fourth-order valence-corrected chi connectivity index (χ4v) is 2.55. The third-order valence-corrected chi connectivity index (χ3v) is 3.59. The van der Waals surface area contributed by atoms with E-state index in [-0.39, 0.29) is 0 Å². The highest BCUT2D eigenvalue weighted by molar-refractivity contribution is 7.99.